The minimum Gasteiger partial charge on any atom is -0.256 e. The van der Waals surface area contributed by atoms with Crippen LogP contribution in [-0.4, -0.2) is 13.4 Å². The smallest absolute Gasteiger partial charge is 0.243 e. The molecule has 0 aliphatic heterocycles. The van der Waals surface area contributed by atoms with Crippen molar-refractivity contribution in [2.24, 2.45) is 5.14 Å². The minimum absolute atomic E-state index is 0.0952. The number of hydrogen-bond donors (Lipinski definition) is 1. The van der Waals surface area contributed by atoms with Crippen molar-refractivity contribution in [3.8, 4) is 28.5 Å². The van der Waals surface area contributed by atoms with E-state index in [0.717, 1.165) is 12.1 Å². The number of benzene rings is 2. The van der Waals surface area contributed by atoms with Gasteiger partial charge in [0.15, 0.2) is 4.90 Å². The number of aromatic nitrogens is 1. The number of sulfonamides is 1. The van der Waals surface area contributed by atoms with Gasteiger partial charge in [0, 0.05) is 17.3 Å². The Kier molecular flexibility index (Phi) is 4.50. The average Bonchev–Trinajstić information content (AvgIpc) is 2.60. The van der Waals surface area contributed by atoms with Crippen molar-refractivity contribution in [2.75, 3.05) is 0 Å². The lowest BCUT2D eigenvalue weighted by molar-refractivity contribution is 0.520. The van der Waals surface area contributed by atoms with E-state index in [-0.39, 0.29) is 5.56 Å². The first-order chi connectivity index (χ1) is 12.3. The lowest BCUT2D eigenvalue weighted by Crippen LogP contribution is -2.16. The summed E-state index contributed by atoms with van der Waals surface area (Å²) in [7, 11) is -4.54. The number of pyridine rings is 1. The van der Waals surface area contributed by atoms with Gasteiger partial charge in [0.25, 0.3) is 0 Å². The van der Waals surface area contributed by atoms with Gasteiger partial charge >= 0.3 is 0 Å². The van der Waals surface area contributed by atoms with E-state index in [9.17, 15) is 17.2 Å². The fraction of sp³-hybridized carbons (Fsp3) is 0. The van der Waals surface area contributed by atoms with Crippen molar-refractivity contribution in [2.45, 2.75) is 4.90 Å². The molecule has 5 nitrogen and oxygen atoms in total. The highest BCUT2D eigenvalue weighted by molar-refractivity contribution is 7.89. The average molecular weight is 371 g/mol. The molecule has 0 spiro atoms. The summed E-state index contributed by atoms with van der Waals surface area (Å²) in [5, 5.41) is 13.9. The van der Waals surface area contributed by atoms with E-state index in [0.29, 0.717) is 22.4 Å². The maximum absolute atomic E-state index is 14.2. The number of hydrogen-bond acceptors (Lipinski definition) is 4. The number of nitrogens with zero attached hydrogens (tertiary/aromatic N) is 2. The Bertz CT molecular complexity index is 1130. The summed E-state index contributed by atoms with van der Waals surface area (Å²) in [4.78, 5) is 3.05. The van der Waals surface area contributed by atoms with Gasteiger partial charge < -0.3 is 0 Å². The summed E-state index contributed by atoms with van der Waals surface area (Å²) >= 11 is 0. The third-order valence-electron chi connectivity index (χ3n) is 3.67. The molecule has 26 heavy (non-hydrogen) atoms. The minimum atomic E-state index is -4.54. The molecule has 1 aromatic heterocycles. The Morgan fingerprint density at radius 1 is 1.00 bits per heavy atom. The van der Waals surface area contributed by atoms with Crippen LogP contribution < -0.4 is 5.14 Å². The number of halogens is 2. The zero-order valence-corrected chi connectivity index (χ0v) is 14.0. The Hall–Kier alpha value is -3.15. The van der Waals surface area contributed by atoms with Gasteiger partial charge in [-0.2, -0.15) is 5.26 Å². The Morgan fingerprint density at radius 2 is 1.69 bits per heavy atom. The molecule has 0 saturated carbocycles. The third-order valence-corrected chi connectivity index (χ3v) is 4.63. The maximum Gasteiger partial charge on any atom is 0.243 e. The monoisotopic (exact) mass is 371 g/mol. The zero-order chi connectivity index (χ0) is 18.9. The van der Waals surface area contributed by atoms with E-state index in [1.165, 1.54) is 6.20 Å². The van der Waals surface area contributed by atoms with E-state index >= 15 is 0 Å². The van der Waals surface area contributed by atoms with Crippen molar-refractivity contribution in [3.05, 3.63) is 71.9 Å². The molecule has 0 bridgehead atoms. The lowest BCUT2D eigenvalue weighted by Gasteiger charge is -2.11. The summed E-state index contributed by atoms with van der Waals surface area (Å²) < 4.78 is 51.0. The summed E-state index contributed by atoms with van der Waals surface area (Å²) in [5.74, 6) is -2.58. The summed E-state index contributed by atoms with van der Waals surface area (Å²) in [6, 6.07) is 13.5. The zero-order valence-electron chi connectivity index (χ0n) is 13.1. The van der Waals surface area contributed by atoms with E-state index in [1.807, 2.05) is 6.07 Å². The second-order valence-electron chi connectivity index (χ2n) is 5.41. The highest BCUT2D eigenvalue weighted by Crippen LogP contribution is 2.33. The van der Waals surface area contributed by atoms with Crippen LogP contribution in [0.1, 0.15) is 5.56 Å². The molecule has 0 atom stereocenters. The fourth-order valence-electron chi connectivity index (χ4n) is 2.59. The Morgan fingerprint density at radius 3 is 2.31 bits per heavy atom. The van der Waals surface area contributed by atoms with Gasteiger partial charge in [-0.3, -0.25) is 4.98 Å². The van der Waals surface area contributed by atoms with Crippen LogP contribution in [0.15, 0.2) is 59.6 Å². The third kappa shape index (κ3) is 3.31. The summed E-state index contributed by atoms with van der Waals surface area (Å²) in [5.41, 5.74) is 1.85. The van der Waals surface area contributed by atoms with Crippen LogP contribution in [0.3, 0.4) is 0 Å². The SMILES string of the molecule is N#Cc1cccc(-c2ncccc2-c2cc(F)c(S(N)(=O)=O)c(F)c2)c1. The molecule has 0 fully saturated rings. The normalized spacial score (nSPS) is 11.2. The number of nitriles is 1. The Balaban J connectivity index is 2.22. The van der Waals surface area contributed by atoms with Gasteiger partial charge in [-0.1, -0.05) is 18.2 Å². The van der Waals surface area contributed by atoms with Crippen LogP contribution in [0.4, 0.5) is 8.78 Å². The molecule has 3 rings (SSSR count). The first kappa shape index (κ1) is 17.7. The molecule has 0 unspecified atom stereocenters. The van der Waals surface area contributed by atoms with Crippen molar-refractivity contribution in [1.29, 1.82) is 5.26 Å². The van der Waals surface area contributed by atoms with Crippen LogP contribution in [0.5, 0.6) is 0 Å². The van der Waals surface area contributed by atoms with Gasteiger partial charge in [-0.05, 0) is 35.9 Å². The van der Waals surface area contributed by atoms with Crippen LogP contribution in [0.2, 0.25) is 0 Å². The first-order valence-electron chi connectivity index (χ1n) is 7.29. The summed E-state index contributed by atoms with van der Waals surface area (Å²) in [6.07, 6.45) is 1.50. The molecule has 8 heteroatoms. The number of rotatable bonds is 3. The van der Waals surface area contributed by atoms with Gasteiger partial charge in [-0.25, -0.2) is 22.3 Å². The molecule has 2 N–H and O–H groups in total. The molecule has 3 aromatic rings. The molecular weight excluding hydrogens is 360 g/mol. The van der Waals surface area contributed by atoms with Crippen molar-refractivity contribution < 1.29 is 17.2 Å². The topological polar surface area (TPSA) is 96.8 Å². The largest absolute Gasteiger partial charge is 0.256 e. The fourth-order valence-corrected chi connectivity index (χ4v) is 3.25. The standard InChI is InChI=1S/C18H11F2N3O2S/c19-15-8-13(9-16(20)18(15)26(22,24)25)14-5-2-6-23-17(14)12-4-1-3-11(7-12)10-21/h1-9H,(H2,22,24,25). The van der Waals surface area contributed by atoms with Crippen LogP contribution >= 0.6 is 0 Å². The van der Waals surface area contributed by atoms with Gasteiger partial charge in [-0.15, -0.1) is 0 Å². The quantitative estimate of drug-likeness (QED) is 0.764. The van der Waals surface area contributed by atoms with E-state index < -0.39 is 26.6 Å². The second kappa shape index (κ2) is 6.63. The van der Waals surface area contributed by atoms with Gasteiger partial charge in [0.1, 0.15) is 11.6 Å². The molecule has 2 aromatic carbocycles. The predicted octanol–water partition coefficient (Wildman–Crippen LogP) is 3.21. The number of primary sulfonamides is 1. The predicted molar refractivity (Wildman–Crippen MR) is 91.1 cm³/mol. The molecular formula is C18H11F2N3O2S. The molecule has 0 aliphatic carbocycles. The molecule has 1 heterocycles. The van der Waals surface area contributed by atoms with Crippen LogP contribution in [0, 0.1) is 23.0 Å². The first-order valence-corrected chi connectivity index (χ1v) is 8.83. The molecule has 130 valence electrons. The highest BCUT2D eigenvalue weighted by Gasteiger charge is 2.22. The molecule has 0 radical (unpaired) electrons. The molecule has 0 saturated heterocycles. The van der Waals surface area contributed by atoms with Crippen molar-refractivity contribution in [3.63, 3.8) is 0 Å². The summed E-state index contributed by atoms with van der Waals surface area (Å²) in [6.45, 7) is 0. The maximum atomic E-state index is 14.2. The lowest BCUT2D eigenvalue weighted by atomic mass is 9.98. The van der Waals surface area contributed by atoms with Gasteiger partial charge in [0.05, 0.1) is 17.3 Å². The highest BCUT2D eigenvalue weighted by atomic mass is 32.2. The van der Waals surface area contributed by atoms with Crippen LogP contribution in [-0.2, 0) is 10.0 Å². The Labute approximate surface area is 148 Å². The van der Waals surface area contributed by atoms with E-state index in [4.69, 9.17) is 10.4 Å². The molecule has 0 amide bonds. The van der Waals surface area contributed by atoms with Gasteiger partial charge in [0.2, 0.25) is 10.0 Å². The van der Waals surface area contributed by atoms with Crippen molar-refractivity contribution in [1.82, 2.24) is 4.98 Å². The van der Waals surface area contributed by atoms with Crippen molar-refractivity contribution >= 4 is 10.0 Å². The van der Waals surface area contributed by atoms with Crippen LogP contribution in [0.25, 0.3) is 22.4 Å². The molecule has 0 aliphatic rings. The van der Waals surface area contributed by atoms with E-state index in [1.54, 1.807) is 36.4 Å². The second-order valence-corrected chi connectivity index (χ2v) is 6.90. The number of nitrogens with two attached hydrogens (primary N) is 1. The van der Waals surface area contributed by atoms with E-state index in [2.05, 4.69) is 4.98 Å².